The number of aromatic nitrogens is 1. The highest BCUT2D eigenvalue weighted by atomic mass is 16.5. The fourth-order valence-electron chi connectivity index (χ4n) is 3.03. The molecule has 1 aromatic rings. The van der Waals surface area contributed by atoms with Crippen LogP contribution in [0.2, 0.25) is 0 Å². The van der Waals surface area contributed by atoms with Gasteiger partial charge in [-0.3, -0.25) is 4.79 Å². The molecule has 2 atom stereocenters. The summed E-state index contributed by atoms with van der Waals surface area (Å²) in [6, 6.07) is 0. The zero-order valence-electron chi connectivity index (χ0n) is 13.5. The lowest BCUT2D eigenvalue weighted by molar-refractivity contribution is -0.190. The summed E-state index contributed by atoms with van der Waals surface area (Å²) in [7, 11) is 0. The maximum absolute atomic E-state index is 12.4. The average molecular weight is 310 g/mol. The Bertz CT molecular complexity index is 607. The number of hydrogen-bond acceptors (Lipinski definition) is 5. The first-order valence-electron chi connectivity index (χ1n) is 7.27. The zero-order valence-corrected chi connectivity index (χ0v) is 13.5. The van der Waals surface area contributed by atoms with E-state index in [0.717, 1.165) is 0 Å². The van der Waals surface area contributed by atoms with Gasteiger partial charge in [-0.05, 0) is 13.8 Å². The molecule has 0 unspecified atom stereocenters. The fourth-order valence-corrected chi connectivity index (χ4v) is 3.03. The van der Waals surface area contributed by atoms with Gasteiger partial charge in [0.25, 0.3) is 5.91 Å². The van der Waals surface area contributed by atoms with Gasteiger partial charge in [0.2, 0.25) is 5.76 Å². The molecule has 1 aliphatic rings. The van der Waals surface area contributed by atoms with Gasteiger partial charge in [0, 0.05) is 25.4 Å². The molecule has 7 heteroatoms. The number of carboxylic acid groups (broad SMARTS) is 1. The maximum Gasteiger partial charge on any atom is 0.330 e. The minimum atomic E-state index is -1.38. The van der Waals surface area contributed by atoms with E-state index in [2.05, 4.69) is 10.3 Å². The number of amides is 1. The molecule has 1 aromatic heterocycles. The number of aryl methyl sites for hydroxylation is 2. The predicted octanol–water partition coefficient (Wildman–Crippen LogP) is 1.68. The quantitative estimate of drug-likeness (QED) is 0.858. The first-order chi connectivity index (χ1) is 10.2. The van der Waals surface area contributed by atoms with Gasteiger partial charge in [0.1, 0.15) is 5.54 Å². The molecule has 2 rings (SSSR count). The van der Waals surface area contributed by atoms with Crippen LogP contribution < -0.4 is 5.32 Å². The van der Waals surface area contributed by atoms with Crippen LogP contribution in [-0.2, 0) is 9.53 Å². The molecule has 0 saturated heterocycles. The van der Waals surface area contributed by atoms with Crippen LogP contribution in [0.3, 0.4) is 0 Å². The summed E-state index contributed by atoms with van der Waals surface area (Å²) in [5.41, 5.74) is -1.67. The van der Waals surface area contributed by atoms with Gasteiger partial charge in [-0.25, -0.2) is 9.78 Å². The van der Waals surface area contributed by atoms with E-state index in [9.17, 15) is 14.7 Å². The van der Waals surface area contributed by atoms with E-state index in [1.54, 1.807) is 27.7 Å². The van der Waals surface area contributed by atoms with Crippen LogP contribution in [0.25, 0.3) is 0 Å². The number of nitrogens with zero attached hydrogens (tertiary/aromatic N) is 1. The second-order valence-electron chi connectivity index (χ2n) is 6.18. The molecule has 22 heavy (non-hydrogen) atoms. The molecule has 1 amide bonds. The highest BCUT2D eigenvalue weighted by Gasteiger charge is 2.66. The SMILES string of the molecule is CCO[C@H]1C[C@](NC(=O)c2oc(C)nc2C)(C(=O)O)C1(C)C. The van der Waals surface area contributed by atoms with Gasteiger partial charge < -0.3 is 19.6 Å². The monoisotopic (exact) mass is 310 g/mol. The third kappa shape index (κ3) is 2.29. The van der Waals surface area contributed by atoms with Gasteiger partial charge in [-0.1, -0.05) is 13.8 Å². The topological polar surface area (TPSA) is 102 Å². The predicted molar refractivity (Wildman–Crippen MR) is 77.6 cm³/mol. The summed E-state index contributed by atoms with van der Waals surface area (Å²) >= 11 is 0. The Kier molecular flexibility index (Phi) is 4.04. The van der Waals surface area contributed by atoms with E-state index in [1.807, 2.05) is 6.92 Å². The van der Waals surface area contributed by atoms with E-state index in [1.165, 1.54) is 0 Å². The van der Waals surface area contributed by atoms with Crippen molar-refractivity contribution >= 4 is 11.9 Å². The van der Waals surface area contributed by atoms with Crippen molar-refractivity contribution in [1.29, 1.82) is 0 Å². The van der Waals surface area contributed by atoms with Crippen molar-refractivity contribution in [2.45, 2.75) is 52.7 Å². The standard InChI is InChI=1S/C15H22N2O5/c1-6-21-10-7-15(13(19)20,14(10,4)5)17-12(18)11-8(2)16-9(3)22-11/h10H,6-7H2,1-5H3,(H,17,18)(H,19,20)/t10-,15-/m0/s1. The van der Waals surface area contributed by atoms with Crippen molar-refractivity contribution in [2.75, 3.05) is 6.61 Å². The summed E-state index contributed by atoms with van der Waals surface area (Å²) in [4.78, 5) is 28.2. The van der Waals surface area contributed by atoms with Crippen LogP contribution in [0.1, 0.15) is 49.3 Å². The third-order valence-electron chi connectivity index (χ3n) is 4.57. The Hall–Kier alpha value is -1.89. The normalized spacial score (nSPS) is 26.3. The summed E-state index contributed by atoms with van der Waals surface area (Å²) < 4.78 is 10.8. The van der Waals surface area contributed by atoms with E-state index >= 15 is 0 Å². The van der Waals surface area contributed by atoms with Crippen LogP contribution >= 0.6 is 0 Å². The lowest BCUT2D eigenvalue weighted by atomic mass is 9.54. The number of carboxylic acids is 1. The number of rotatable bonds is 5. The Morgan fingerprint density at radius 3 is 2.50 bits per heavy atom. The van der Waals surface area contributed by atoms with Gasteiger partial charge in [-0.2, -0.15) is 0 Å². The zero-order chi connectivity index (χ0) is 16.7. The fraction of sp³-hybridized carbons (Fsp3) is 0.667. The smallest absolute Gasteiger partial charge is 0.330 e. The third-order valence-corrected chi connectivity index (χ3v) is 4.57. The average Bonchev–Trinajstić information content (AvgIpc) is 2.75. The van der Waals surface area contributed by atoms with Gasteiger partial charge in [0.05, 0.1) is 11.8 Å². The second kappa shape index (κ2) is 5.39. The first-order valence-corrected chi connectivity index (χ1v) is 7.27. The minimum absolute atomic E-state index is 0.0498. The highest BCUT2D eigenvalue weighted by molar-refractivity contribution is 5.97. The van der Waals surface area contributed by atoms with Crippen molar-refractivity contribution in [3.8, 4) is 0 Å². The molecule has 2 N–H and O–H groups in total. The molecule has 7 nitrogen and oxygen atoms in total. The summed E-state index contributed by atoms with van der Waals surface area (Å²) in [5, 5.41) is 12.3. The van der Waals surface area contributed by atoms with Crippen LogP contribution in [0.4, 0.5) is 0 Å². The number of carbonyl (C=O) groups excluding carboxylic acids is 1. The van der Waals surface area contributed by atoms with Crippen LogP contribution in [0, 0.1) is 19.3 Å². The Morgan fingerprint density at radius 2 is 2.09 bits per heavy atom. The number of carbonyl (C=O) groups is 2. The van der Waals surface area contributed by atoms with E-state index < -0.39 is 22.8 Å². The van der Waals surface area contributed by atoms with E-state index in [-0.39, 0.29) is 18.3 Å². The Labute approximate surface area is 129 Å². The molecular formula is C15H22N2O5. The van der Waals surface area contributed by atoms with Gasteiger partial charge in [0.15, 0.2) is 5.89 Å². The number of oxazole rings is 1. The van der Waals surface area contributed by atoms with Gasteiger partial charge >= 0.3 is 5.97 Å². The molecule has 0 aromatic carbocycles. The van der Waals surface area contributed by atoms with E-state index in [0.29, 0.717) is 18.2 Å². The van der Waals surface area contributed by atoms with Crippen LogP contribution in [0.5, 0.6) is 0 Å². The molecule has 0 spiro atoms. The van der Waals surface area contributed by atoms with Crippen molar-refractivity contribution in [2.24, 2.45) is 5.41 Å². The van der Waals surface area contributed by atoms with Crippen molar-refractivity contribution < 1.29 is 23.8 Å². The Morgan fingerprint density at radius 1 is 1.45 bits per heavy atom. The minimum Gasteiger partial charge on any atom is -0.479 e. The molecule has 0 radical (unpaired) electrons. The molecular weight excluding hydrogens is 288 g/mol. The molecule has 1 fully saturated rings. The molecule has 1 aliphatic carbocycles. The lowest BCUT2D eigenvalue weighted by Crippen LogP contribution is -2.76. The molecule has 1 saturated carbocycles. The van der Waals surface area contributed by atoms with Gasteiger partial charge in [-0.15, -0.1) is 0 Å². The van der Waals surface area contributed by atoms with Crippen LogP contribution in [-0.4, -0.2) is 40.2 Å². The number of aliphatic carboxylic acids is 1. The van der Waals surface area contributed by atoms with Crippen LogP contribution in [0.15, 0.2) is 4.42 Å². The number of nitrogens with one attached hydrogen (secondary N) is 1. The number of ether oxygens (including phenoxy) is 1. The lowest BCUT2D eigenvalue weighted by Gasteiger charge is -2.58. The molecule has 0 bridgehead atoms. The largest absolute Gasteiger partial charge is 0.479 e. The van der Waals surface area contributed by atoms with Crippen molar-refractivity contribution in [1.82, 2.24) is 10.3 Å². The van der Waals surface area contributed by atoms with Crippen molar-refractivity contribution in [3.63, 3.8) is 0 Å². The number of hydrogen-bond donors (Lipinski definition) is 2. The van der Waals surface area contributed by atoms with E-state index in [4.69, 9.17) is 9.15 Å². The molecule has 122 valence electrons. The molecule has 1 heterocycles. The summed E-state index contributed by atoms with van der Waals surface area (Å²) in [6.45, 7) is 9.20. The summed E-state index contributed by atoms with van der Waals surface area (Å²) in [5.74, 6) is -1.22. The second-order valence-corrected chi connectivity index (χ2v) is 6.18. The first kappa shape index (κ1) is 16.5. The van der Waals surface area contributed by atoms with Crippen molar-refractivity contribution in [3.05, 3.63) is 17.3 Å². The summed E-state index contributed by atoms with van der Waals surface area (Å²) in [6.07, 6.45) is 0.00705. The Balaban J connectivity index is 2.26. The highest BCUT2D eigenvalue weighted by Crippen LogP contribution is 2.51. The molecule has 0 aliphatic heterocycles. The maximum atomic E-state index is 12.4.